The molecule has 0 atom stereocenters. The van der Waals surface area contributed by atoms with E-state index in [2.05, 4.69) is 15.9 Å². The number of rotatable bonds is 9. The van der Waals surface area contributed by atoms with Gasteiger partial charge < -0.3 is 14.2 Å². The van der Waals surface area contributed by atoms with Gasteiger partial charge in [-0.25, -0.2) is 9.18 Å². The van der Waals surface area contributed by atoms with Crippen LogP contribution in [0.3, 0.4) is 0 Å². The Morgan fingerprint density at radius 2 is 1.62 bits per heavy atom. The van der Waals surface area contributed by atoms with E-state index in [4.69, 9.17) is 14.2 Å². The summed E-state index contributed by atoms with van der Waals surface area (Å²) in [4.78, 5) is 11.5. The van der Waals surface area contributed by atoms with E-state index in [1.54, 1.807) is 31.2 Å². The van der Waals surface area contributed by atoms with Gasteiger partial charge in [-0.05, 0) is 84.7 Å². The fourth-order valence-electron chi connectivity index (χ4n) is 3.10. The van der Waals surface area contributed by atoms with Gasteiger partial charge in [-0.3, -0.25) is 0 Å². The summed E-state index contributed by atoms with van der Waals surface area (Å²) in [7, 11) is 0. The van der Waals surface area contributed by atoms with E-state index in [-0.39, 0.29) is 12.4 Å². The van der Waals surface area contributed by atoms with Crippen LogP contribution in [0.25, 0.3) is 5.57 Å². The second-order valence-corrected chi connectivity index (χ2v) is 7.88. The Labute approximate surface area is 195 Å². The first-order valence-corrected chi connectivity index (χ1v) is 11.0. The Hall–Kier alpha value is -3.12. The third-order valence-corrected chi connectivity index (χ3v) is 5.17. The van der Waals surface area contributed by atoms with E-state index in [9.17, 15) is 9.18 Å². The molecule has 6 heteroatoms. The Bertz CT molecular complexity index is 1030. The monoisotopic (exact) mass is 498 g/mol. The van der Waals surface area contributed by atoms with Gasteiger partial charge in [0, 0.05) is 4.47 Å². The number of esters is 1. The van der Waals surface area contributed by atoms with Gasteiger partial charge in [0.2, 0.25) is 0 Å². The molecule has 3 aromatic carbocycles. The molecular formula is C26H24BrFO4. The number of ether oxygens (including phenoxy) is 3. The van der Waals surface area contributed by atoms with E-state index in [1.807, 2.05) is 43.3 Å². The molecule has 32 heavy (non-hydrogen) atoms. The second kappa shape index (κ2) is 11.5. The highest BCUT2D eigenvalue weighted by atomic mass is 79.9. The number of carbonyl (C=O) groups is 1. The molecule has 0 fully saturated rings. The van der Waals surface area contributed by atoms with Crippen molar-refractivity contribution in [3.8, 4) is 11.5 Å². The number of benzene rings is 3. The highest BCUT2D eigenvalue weighted by Gasteiger charge is 2.08. The van der Waals surface area contributed by atoms with Crippen LogP contribution in [-0.4, -0.2) is 25.8 Å². The van der Waals surface area contributed by atoms with Crippen LogP contribution in [0, 0.1) is 12.7 Å². The molecule has 0 amide bonds. The highest BCUT2D eigenvalue weighted by Crippen LogP contribution is 2.27. The van der Waals surface area contributed by atoms with E-state index >= 15 is 0 Å². The zero-order valence-electron chi connectivity index (χ0n) is 17.9. The SMILES string of the molecule is CCOC(=O)COc1ccc(OC/C=C(/c2ccc(F)cc2)c2ccc(Br)cc2)cc1C. The van der Waals surface area contributed by atoms with Crippen LogP contribution in [-0.2, 0) is 9.53 Å². The van der Waals surface area contributed by atoms with Gasteiger partial charge in [-0.2, -0.15) is 0 Å². The van der Waals surface area contributed by atoms with Gasteiger partial charge in [-0.1, -0.05) is 40.2 Å². The van der Waals surface area contributed by atoms with E-state index in [0.29, 0.717) is 24.7 Å². The number of hydrogen-bond donors (Lipinski definition) is 0. The van der Waals surface area contributed by atoms with E-state index in [0.717, 1.165) is 26.7 Å². The lowest BCUT2D eigenvalue weighted by molar-refractivity contribution is -0.145. The second-order valence-electron chi connectivity index (χ2n) is 6.96. The minimum Gasteiger partial charge on any atom is -0.489 e. The van der Waals surface area contributed by atoms with Gasteiger partial charge in [0.25, 0.3) is 0 Å². The summed E-state index contributed by atoms with van der Waals surface area (Å²) >= 11 is 3.45. The fraction of sp³-hybridized carbons (Fsp3) is 0.192. The fourth-order valence-corrected chi connectivity index (χ4v) is 3.36. The molecule has 0 saturated carbocycles. The van der Waals surface area contributed by atoms with Gasteiger partial charge in [-0.15, -0.1) is 0 Å². The van der Waals surface area contributed by atoms with Crippen LogP contribution < -0.4 is 9.47 Å². The molecular weight excluding hydrogens is 475 g/mol. The predicted octanol–water partition coefficient (Wildman–Crippen LogP) is 6.35. The van der Waals surface area contributed by atoms with E-state index < -0.39 is 5.97 Å². The molecule has 166 valence electrons. The standard InChI is InChI=1S/C26H24BrFO4/c1-3-30-26(29)17-32-25-13-12-23(16-18(25)2)31-15-14-24(19-4-8-21(27)9-5-19)20-6-10-22(28)11-7-20/h4-14,16H,3,15,17H2,1-2H3/b24-14+. The first-order valence-electron chi connectivity index (χ1n) is 10.2. The largest absolute Gasteiger partial charge is 0.489 e. The molecule has 3 rings (SSSR count). The summed E-state index contributed by atoms with van der Waals surface area (Å²) < 4.78 is 30.7. The summed E-state index contributed by atoms with van der Waals surface area (Å²) in [5, 5.41) is 0. The summed E-state index contributed by atoms with van der Waals surface area (Å²) in [6.07, 6.45) is 1.97. The van der Waals surface area contributed by atoms with Gasteiger partial charge >= 0.3 is 5.97 Å². The maximum Gasteiger partial charge on any atom is 0.344 e. The third kappa shape index (κ3) is 6.69. The molecule has 0 unspecified atom stereocenters. The number of halogens is 2. The lowest BCUT2D eigenvalue weighted by atomic mass is 9.98. The van der Waals surface area contributed by atoms with Gasteiger partial charge in [0.15, 0.2) is 6.61 Å². The van der Waals surface area contributed by atoms with Crippen molar-refractivity contribution in [2.45, 2.75) is 13.8 Å². The zero-order valence-corrected chi connectivity index (χ0v) is 19.5. The predicted molar refractivity (Wildman–Crippen MR) is 126 cm³/mol. The Morgan fingerprint density at radius 3 is 2.25 bits per heavy atom. The summed E-state index contributed by atoms with van der Waals surface area (Å²) in [6, 6.07) is 19.7. The maximum absolute atomic E-state index is 13.4. The van der Waals surface area contributed by atoms with Gasteiger partial charge in [0.05, 0.1) is 6.61 Å². The molecule has 4 nitrogen and oxygen atoms in total. The molecule has 0 aliphatic rings. The molecule has 0 bridgehead atoms. The minimum atomic E-state index is -0.404. The first kappa shape index (κ1) is 23.5. The van der Waals surface area contributed by atoms with Crippen LogP contribution in [0.1, 0.15) is 23.6 Å². The smallest absolute Gasteiger partial charge is 0.344 e. The minimum absolute atomic E-state index is 0.133. The van der Waals surface area contributed by atoms with Crippen molar-refractivity contribution < 1.29 is 23.4 Å². The van der Waals surface area contributed by atoms with Crippen LogP contribution >= 0.6 is 15.9 Å². The molecule has 0 N–H and O–H groups in total. The quantitative estimate of drug-likeness (QED) is 0.322. The van der Waals surface area contributed by atoms with Crippen molar-refractivity contribution in [3.05, 3.63) is 99.8 Å². The van der Waals surface area contributed by atoms with Crippen molar-refractivity contribution >= 4 is 27.5 Å². The normalized spacial score (nSPS) is 11.2. The third-order valence-electron chi connectivity index (χ3n) is 4.65. The molecule has 3 aromatic rings. The molecule has 0 saturated heterocycles. The molecule has 0 aliphatic heterocycles. The van der Waals surface area contributed by atoms with E-state index in [1.165, 1.54) is 12.1 Å². The van der Waals surface area contributed by atoms with Crippen molar-refractivity contribution in [1.82, 2.24) is 0 Å². The summed E-state index contributed by atoms with van der Waals surface area (Å²) in [5.74, 6) is 0.596. The highest BCUT2D eigenvalue weighted by molar-refractivity contribution is 9.10. The summed E-state index contributed by atoms with van der Waals surface area (Å²) in [6.45, 7) is 4.15. The first-order chi connectivity index (χ1) is 15.5. The van der Waals surface area contributed by atoms with Crippen LogP contribution in [0.4, 0.5) is 4.39 Å². The summed E-state index contributed by atoms with van der Waals surface area (Å²) in [5.41, 5.74) is 3.70. The van der Waals surface area contributed by atoms with Crippen molar-refractivity contribution in [2.75, 3.05) is 19.8 Å². The maximum atomic E-state index is 13.4. The van der Waals surface area contributed by atoms with Crippen LogP contribution in [0.5, 0.6) is 11.5 Å². The Morgan fingerprint density at radius 1 is 0.969 bits per heavy atom. The molecule has 0 radical (unpaired) electrons. The average Bonchev–Trinajstić information content (AvgIpc) is 2.78. The van der Waals surface area contributed by atoms with Crippen molar-refractivity contribution in [2.24, 2.45) is 0 Å². The Balaban J connectivity index is 1.72. The van der Waals surface area contributed by atoms with Crippen LogP contribution in [0.15, 0.2) is 77.3 Å². The lowest BCUT2D eigenvalue weighted by Crippen LogP contribution is -2.14. The van der Waals surface area contributed by atoms with Crippen LogP contribution in [0.2, 0.25) is 0 Å². The molecule has 0 aliphatic carbocycles. The van der Waals surface area contributed by atoms with Crippen molar-refractivity contribution in [1.29, 1.82) is 0 Å². The lowest BCUT2D eigenvalue weighted by Gasteiger charge is -2.12. The number of hydrogen-bond acceptors (Lipinski definition) is 4. The Kier molecular flexibility index (Phi) is 8.45. The van der Waals surface area contributed by atoms with Crippen molar-refractivity contribution in [3.63, 3.8) is 0 Å². The topological polar surface area (TPSA) is 44.8 Å². The number of carbonyl (C=O) groups excluding carboxylic acids is 1. The number of aryl methyl sites for hydroxylation is 1. The molecule has 0 spiro atoms. The molecule has 0 heterocycles. The molecule has 0 aromatic heterocycles. The van der Waals surface area contributed by atoms with Gasteiger partial charge in [0.1, 0.15) is 23.9 Å². The zero-order chi connectivity index (χ0) is 22.9. The average molecular weight is 499 g/mol.